The fourth-order valence-corrected chi connectivity index (χ4v) is 5.39. The van der Waals surface area contributed by atoms with Crippen molar-refractivity contribution in [2.24, 2.45) is 0 Å². The third-order valence-corrected chi connectivity index (χ3v) is 6.71. The third kappa shape index (κ3) is 2.45. The molecule has 0 bridgehead atoms. The molecule has 0 saturated carbocycles. The summed E-state index contributed by atoms with van der Waals surface area (Å²) in [6, 6.07) is 4.39. The molecule has 0 aliphatic carbocycles. The second-order valence-electron chi connectivity index (χ2n) is 4.67. The molecule has 0 saturated heterocycles. The minimum atomic E-state index is 0.269. The molecule has 1 unspecified atom stereocenters. The van der Waals surface area contributed by atoms with Crippen molar-refractivity contribution in [3.8, 4) is 0 Å². The number of alkyl halides is 1. The van der Waals surface area contributed by atoms with Crippen molar-refractivity contribution < 1.29 is 0 Å². The molecule has 0 radical (unpaired) electrons. The van der Waals surface area contributed by atoms with Crippen LogP contribution in [0.4, 0.5) is 0 Å². The first-order valence-electron chi connectivity index (χ1n) is 5.87. The normalized spacial score (nSPS) is 12.8. The van der Waals surface area contributed by atoms with Gasteiger partial charge in [-0.25, -0.2) is 0 Å². The van der Waals surface area contributed by atoms with Crippen LogP contribution in [-0.4, -0.2) is 0 Å². The quantitative estimate of drug-likeness (QED) is 0.535. The summed E-state index contributed by atoms with van der Waals surface area (Å²) in [5.41, 5.74) is 6.92. The molecule has 0 nitrogen and oxygen atoms in total. The molecule has 1 aromatic carbocycles. The highest BCUT2D eigenvalue weighted by Crippen LogP contribution is 2.42. The summed E-state index contributed by atoms with van der Waals surface area (Å²) < 4.78 is 1.19. The van der Waals surface area contributed by atoms with E-state index in [-0.39, 0.29) is 4.83 Å². The smallest absolute Gasteiger partial charge is 0.0754 e. The van der Waals surface area contributed by atoms with Crippen molar-refractivity contribution in [1.29, 1.82) is 0 Å². The molecule has 0 aliphatic heterocycles. The first-order chi connectivity index (χ1) is 8.43. The van der Waals surface area contributed by atoms with Gasteiger partial charge in [0.15, 0.2) is 0 Å². The van der Waals surface area contributed by atoms with Crippen LogP contribution >= 0.6 is 43.2 Å². The van der Waals surface area contributed by atoms with Gasteiger partial charge in [0, 0.05) is 9.35 Å². The van der Waals surface area contributed by atoms with E-state index < -0.39 is 0 Å². The Morgan fingerprint density at radius 2 is 1.61 bits per heavy atom. The van der Waals surface area contributed by atoms with Gasteiger partial charge in [-0.15, -0.1) is 11.3 Å². The van der Waals surface area contributed by atoms with E-state index in [0.717, 1.165) is 0 Å². The lowest BCUT2D eigenvalue weighted by Gasteiger charge is -2.19. The lowest BCUT2D eigenvalue weighted by atomic mass is 9.92. The molecule has 1 aromatic heterocycles. The van der Waals surface area contributed by atoms with Gasteiger partial charge in [0.05, 0.1) is 4.83 Å². The highest BCUT2D eigenvalue weighted by atomic mass is 79.9. The third-order valence-electron chi connectivity index (χ3n) is 3.55. The Kier molecular flexibility index (Phi) is 4.35. The number of hydrogen-bond donors (Lipinski definition) is 0. The number of hydrogen-bond acceptors (Lipinski definition) is 1. The molecule has 0 N–H and O–H groups in total. The molecule has 3 heteroatoms. The maximum Gasteiger partial charge on any atom is 0.0754 e. The first kappa shape index (κ1) is 14.3. The van der Waals surface area contributed by atoms with E-state index in [4.69, 9.17) is 0 Å². The number of aryl methyl sites for hydroxylation is 2. The van der Waals surface area contributed by atoms with Crippen molar-refractivity contribution in [3.05, 3.63) is 54.7 Å². The van der Waals surface area contributed by atoms with Crippen LogP contribution in [0.5, 0.6) is 0 Å². The molecular weight excluding hydrogens is 372 g/mol. The summed E-state index contributed by atoms with van der Waals surface area (Å²) in [6.07, 6.45) is 0. The van der Waals surface area contributed by atoms with Crippen LogP contribution in [0, 0.1) is 27.7 Å². The first-order valence-corrected chi connectivity index (χ1v) is 8.46. The van der Waals surface area contributed by atoms with Crippen molar-refractivity contribution in [3.63, 3.8) is 0 Å². The van der Waals surface area contributed by atoms with E-state index in [1.54, 1.807) is 11.3 Å². The second kappa shape index (κ2) is 5.48. The number of thiophene rings is 1. The molecule has 1 heterocycles. The Morgan fingerprint density at radius 3 is 2.06 bits per heavy atom. The zero-order chi connectivity index (χ0) is 13.4. The van der Waals surface area contributed by atoms with E-state index in [0.29, 0.717) is 0 Å². The van der Waals surface area contributed by atoms with Gasteiger partial charge in [0.25, 0.3) is 0 Å². The molecule has 1 atom stereocenters. The summed E-state index contributed by atoms with van der Waals surface area (Å²) in [4.78, 5) is 1.61. The van der Waals surface area contributed by atoms with Crippen LogP contribution in [0.25, 0.3) is 0 Å². The van der Waals surface area contributed by atoms with Gasteiger partial charge >= 0.3 is 0 Å². The molecule has 2 rings (SSSR count). The summed E-state index contributed by atoms with van der Waals surface area (Å²) in [7, 11) is 0. The molecule has 18 heavy (non-hydrogen) atoms. The highest BCUT2D eigenvalue weighted by Gasteiger charge is 2.20. The standard InChI is InChI=1S/C15H16Br2S/c1-8-7-9(2)11(4)13(10(8)3)14(17)15-12(16)5-6-18-15/h5-7,14H,1-4H3. The highest BCUT2D eigenvalue weighted by molar-refractivity contribution is 9.11. The summed E-state index contributed by atoms with van der Waals surface area (Å²) in [6.45, 7) is 8.81. The Bertz CT molecular complexity index is 558. The Labute approximate surface area is 130 Å². The number of benzene rings is 1. The van der Waals surface area contributed by atoms with Gasteiger partial charge in [0.1, 0.15) is 0 Å². The van der Waals surface area contributed by atoms with E-state index in [1.165, 1.54) is 37.2 Å². The number of halogens is 2. The van der Waals surface area contributed by atoms with Crippen LogP contribution in [0.15, 0.2) is 22.0 Å². The monoisotopic (exact) mass is 386 g/mol. The second-order valence-corrected chi connectivity index (χ2v) is 7.39. The van der Waals surface area contributed by atoms with Gasteiger partial charge < -0.3 is 0 Å². The largest absolute Gasteiger partial charge is 0.146 e. The van der Waals surface area contributed by atoms with Gasteiger partial charge in [-0.3, -0.25) is 0 Å². The molecule has 2 aromatic rings. The molecule has 0 fully saturated rings. The molecular formula is C15H16Br2S. The zero-order valence-corrected chi connectivity index (χ0v) is 15.0. The van der Waals surface area contributed by atoms with E-state index in [2.05, 4.69) is 77.1 Å². The van der Waals surface area contributed by atoms with Gasteiger partial charge in [-0.2, -0.15) is 0 Å². The summed E-state index contributed by atoms with van der Waals surface area (Å²) >= 11 is 9.29. The van der Waals surface area contributed by atoms with Crippen LogP contribution in [0.1, 0.15) is 37.5 Å². The minimum absolute atomic E-state index is 0.269. The van der Waals surface area contributed by atoms with Gasteiger partial charge in [0.2, 0.25) is 0 Å². The summed E-state index contributed by atoms with van der Waals surface area (Å²) in [5.74, 6) is 0. The predicted molar refractivity (Wildman–Crippen MR) is 88.2 cm³/mol. The van der Waals surface area contributed by atoms with Crippen LogP contribution in [0.3, 0.4) is 0 Å². The van der Waals surface area contributed by atoms with Crippen LogP contribution in [0.2, 0.25) is 0 Å². The minimum Gasteiger partial charge on any atom is -0.146 e. The molecule has 96 valence electrons. The molecule has 0 aliphatic rings. The van der Waals surface area contributed by atoms with Gasteiger partial charge in [-0.1, -0.05) is 22.0 Å². The van der Waals surface area contributed by atoms with Crippen LogP contribution in [-0.2, 0) is 0 Å². The lowest BCUT2D eigenvalue weighted by Crippen LogP contribution is -2.02. The average Bonchev–Trinajstić information content (AvgIpc) is 2.73. The molecule has 0 amide bonds. The van der Waals surface area contributed by atoms with Crippen molar-refractivity contribution >= 4 is 43.2 Å². The maximum absolute atomic E-state index is 3.87. The van der Waals surface area contributed by atoms with E-state index >= 15 is 0 Å². The van der Waals surface area contributed by atoms with Crippen LogP contribution < -0.4 is 0 Å². The van der Waals surface area contributed by atoms with E-state index in [1.807, 2.05) is 0 Å². The fraction of sp³-hybridized carbons (Fsp3) is 0.333. The summed E-state index contributed by atoms with van der Waals surface area (Å²) in [5, 5.41) is 2.13. The maximum atomic E-state index is 3.87. The van der Waals surface area contributed by atoms with Crippen molar-refractivity contribution in [2.75, 3.05) is 0 Å². The lowest BCUT2D eigenvalue weighted by molar-refractivity contribution is 1.09. The van der Waals surface area contributed by atoms with Crippen molar-refractivity contribution in [1.82, 2.24) is 0 Å². The predicted octanol–water partition coefficient (Wildman–Crippen LogP) is 6.23. The topological polar surface area (TPSA) is 0 Å². The fourth-order valence-electron chi connectivity index (χ4n) is 2.24. The Balaban J connectivity index is 2.61. The van der Waals surface area contributed by atoms with E-state index in [9.17, 15) is 0 Å². The van der Waals surface area contributed by atoms with Crippen molar-refractivity contribution in [2.45, 2.75) is 32.5 Å². The van der Waals surface area contributed by atoms with Gasteiger partial charge in [-0.05, 0) is 82.9 Å². The SMILES string of the molecule is Cc1cc(C)c(C)c(C(Br)c2sccc2Br)c1C. The zero-order valence-electron chi connectivity index (χ0n) is 11.0. The number of rotatable bonds is 2. The Morgan fingerprint density at radius 1 is 1.06 bits per heavy atom. The average molecular weight is 388 g/mol. The Hall–Kier alpha value is -0.120. The molecule has 0 spiro atoms.